The number of carbonyl (C=O) groups is 4. The molecule has 5 aromatic heterocycles. The van der Waals surface area contributed by atoms with Gasteiger partial charge < -0.3 is 20.4 Å². The fourth-order valence-electron chi connectivity index (χ4n) is 4.33. The molecule has 246 valence electrons. The van der Waals surface area contributed by atoms with Crippen LogP contribution in [0.1, 0.15) is 87.0 Å². The molecule has 5 heterocycles. The van der Waals surface area contributed by atoms with Crippen LogP contribution in [-0.2, 0) is 0 Å². The fraction of sp³-hybridized carbons (Fsp3) is 0. The van der Waals surface area contributed by atoms with Crippen LogP contribution < -0.4 is 0 Å². The number of hydrogen-bond donors (Lipinski definition) is 4. The van der Waals surface area contributed by atoms with Crippen LogP contribution in [0.2, 0.25) is 0 Å². The van der Waals surface area contributed by atoms with E-state index in [-0.39, 0.29) is 45.0 Å². The van der Waals surface area contributed by atoms with Gasteiger partial charge in [-0.05, 0) is 97.1 Å². The zero-order chi connectivity index (χ0) is 35.6. The first-order valence-corrected chi connectivity index (χ1v) is 14.5. The lowest BCUT2D eigenvalue weighted by molar-refractivity contribution is 0.0686. The van der Waals surface area contributed by atoms with Crippen molar-refractivity contribution in [1.29, 1.82) is 0 Å². The van der Waals surface area contributed by atoms with Crippen LogP contribution in [0.15, 0.2) is 73.3 Å². The second kappa shape index (κ2) is 15.4. The number of aromatic nitrogens is 6. The second-order valence-electron chi connectivity index (χ2n) is 10.2. The van der Waals surface area contributed by atoms with E-state index in [4.69, 9.17) is 9.97 Å². The van der Waals surface area contributed by atoms with Crippen LogP contribution in [0, 0.1) is 0 Å². The zero-order valence-electron chi connectivity index (χ0n) is 25.7. The van der Waals surface area contributed by atoms with Crippen LogP contribution in [-0.4, -0.2) is 74.2 Å². The van der Waals surface area contributed by atoms with Crippen molar-refractivity contribution in [2.45, 2.75) is 0 Å². The van der Waals surface area contributed by atoms with E-state index in [1.807, 2.05) is 0 Å². The van der Waals surface area contributed by atoms with Gasteiger partial charge in [0.1, 0.15) is 0 Å². The van der Waals surface area contributed by atoms with Crippen LogP contribution >= 0.6 is 0 Å². The van der Waals surface area contributed by atoms with Crippen LogP contribution in [0.25, 0.3) is 48.6 Å². The lowest BCUT2D eigenvalue weighted by Crippen LogP contribution is -2.01. The molecule has 4 N–H and O–H groups in total. The van der Waals surface area contributed by atoms with Gasteiger partial charge in [-0.1, -0.05) is 0 Å². The monoisotopic (exact) mass is 668 g/mol. The normalized spacial score (nSPS) is 11.5. The van der Waals surface area contributed by atoms with E-state index >= 15 is 0 Å². The Kier molecular flexibility index (Phi) is 10.4. The minimum absolute atomic E-state index is 0.0241. The van der Waals surface area contributed by atoms with Gasteiger partial charge in [0.05, 0.1) is 67.8 Å². The van der Waals surface area contributed by atoms with Crippen molar-refractivity contribution in [2.75, 3.05) is 0 Å². The molecule has 0 radical (unpaired) electrons. The van der Waals surface area contributed by atoms with Crippen molar-refractivity contribution >= 4 is 72.5 Å². The summed E-state index contributed by atoms with van der Waals surface area (Å²) >= 11 is 0. The summed E-state index contributed by atoms with van der Waals surface area (Å²) in [4.78, 5) is 72.3. The van der Waals surface area contributed by atoms with Crippen LogP contribution in [0.5, 0.6) is 0 Å². The molecule has 0 amide bonds. The van der Waals surface area contributed by atoms with E-state index in [2.05, 4.69) is 19.9 Å². The molecule has 0 saturated heterocycles. The van der Waals surface area contributed by atoms with Gasteiger partial charge in [-0.15, -0.1) is 0 Å². The largest absolute Gasteiger partial charge is 0.478 e. The molecule has 0 fully saturated rings. The third kappa shape index (κ3) is 8.86. The third-order valence-corrected chi connectivity index (χ3v) is 6.77. The lowest BCUT2D eigenvalue weighted by atomic mass is 10.1. The molecule has 0 bridgehead atoms. The molecule has 5 aromatic rings. The van der Waals surface area contributed by atoms with Crippen molar-refractivity contribution in [2.24, 2.45) is 0 Å². The summed E-state index contributed by atoms with van der Waals surface area (Å²) in [6.07, 6.45) is 17.8. The highest BCUT2D eigenvalue weighted by atomic mass is 16.4. The van der Waals surface area contributed by atoms with Crippen LogP contribution in [0.3, 0.4) is 0 Å². The molecular weight excluding hydrogens is 644 g/mol. The SMILES string of the molecule is O=C(O)c1ccnc(C=Cc2nc(C=Cc3cc(C(=O)O)ccn3)c(C=Cc3cc(C(=O)O)ccn3)nc2C=Cc2cc(C(=O)O)ccn2)c1. The van der Waals surface area contributed by atoms with Gasteiger partial charge in [0.15, 0.2) is 0 Å². The first kappa shape index (κ1) is 33.9. The smallest absolute Gasteiger partial charge is 0.335 e. The predicted octanol–water partition coefficient (Wildman–Crippen LogP) is 5.53. The molecule has 0 aliphatic heterocycles. The van der Waals surface area contributed by atoms with E-state index in [9.17, 15) is 39.6 Å². The first-order chi connectivity index (χ1) is 24.0. The van der Waals surface area contributed by atoms with E-state index in [1.165, 1.54) is 73.3 Å². The predicted molar refractivity (Wildman–Crippen MR) is 183 cm³/mol. The number of hydrogen-bond acceptors (Lipinski definition) is 10. The highest BCUT2D eigenvalue weighted by Crippen LogP contribution is 2.20. The minimum Gasteiger partial charge on any atom is -0.478 e. The summed E-state index contributed by atoms with van der Waals surface area (Å²) in [5.74, 6) is -4.52. The molecular formula is C36H24N6O8. The van der Waals surface area contributed by atoms with Crippen molar-refractivity contribution < 1.29 is 39.6 Å². The molecule has 50 heavy (non-hydrogen) atoms. The second-order valence-corrected chi connectivity index (χ2v) is 10.2. The number of carboxylic acid groups (broad SMARTS) is 4. The Morgan fingerprint density at radius 1 is 0.380 bits per heavy atom. The molecule has 0 aliphatic carbocycles. The Morgan fingerprint density at radius 3 is 0.800 bits per heavy atom. The third-order valence-electron chi connectivity index (χ3n) is 6.77. The standard InChI is InChI=1S/C36H24N6O8/c43-33(44)21-9-13-37-25(17-21)1-5-29-30(6-2-26-18-22(34(45)46)10-14-38-26)42-32(8-4-28-20-24(36(49)50)12-16-40-28)31(41-29)7-3-27-19-23(35(47)48)11-15-39-27/h1-20H,(H,43,44)(H,45,46)(H,47,48)(H,49,50). The summed E-state index contributed by atoms with van der Waals surface area (Å²) in [7, 11) is 0. The number of rotatable bonds is 12. The minimum atomic E-state index is -1.13. The van der Waals surface area contributed by atoms with Gasteiger partial charge in [0.2, 0.25) is 0 Å². The summed E-state index contributed by atoms with van der Waals surface area (Å²) in [6.45, 7) is 0. The van der Waals surface area contributed by atoms with E-state index in [0.717, 1.165) is 0 Å². The quantitative estimate of drug-likeness (QED) is 0.128. The molecule has 0 aliphatic rings. The van der Waals surface area contributed by atoms with Crippen LogP contribution in [0.4, 0.5) is 0 Å². The van der Waals surface area contributed by atoms with Gasteiger partial charge in [-0.2, -0.15) is 0 Å². The van der Waals surface area contributed by atoms with Gasteiger partial charge in [-0.25, -0.2) is 29.1 Å². The van der Waals surface area contributed by atoms with Gasteiger partial charge >= 0.3 is 23.9 Å². The molecule has 0 atom stereocenters. The highest BCUT2D eigenvalue weighted by molar-refractivity contribution is 5.91. The molecule has 0 saturated carbocycles. The Morgan fingerprint density at radius 2 is 0.600 bits per heavy atom. The average molecular weight is 669 g/mol. The molecule has 5 rings (SSSR count). The molecule has 14 nitrogen and oxygen atoms in total. The number of nitrogens with zero attached hydrogens (tertiary/aromatic N) is 6. The summed E-state index contributed by atoms with van der Waals surface area (Å²) in [6, 6.07) is 10.9. The summed E-state index contributed by atoms with van der Waals surface area (Å²) in [5.41, 5.74) is 2.51. The summed E-state index contributed by atoms with van der Waals surface area (Å²) in [5, 5.41) is 37.6. The summed E-state index contributed by atoms with van der Waals surface area (Å²) < 4.78 is 0. The Hall–Kier alpha value is -7.48. The average Bonchev–Trinajstić information content (AvgIpc) is 3.12. The van der Waals surface area contributed by atoms with E-state index < -0.39 is 23.9 Å². The van der Waals surface area contributed by atoms with E-state index in [1.54, 1.807) is 48.6 Å². The Balaban J connectivity index is 1.66. The van der Waals surface area contributed by atoms with Crippen molar-refractivity contribution in [1.82, 2.24) is 29.9 Å². The van der Waals surface area contributed by atoms with Crippen molar-refractivity contribution in [3.63, 3.8) is 0 Å². The van der Waals surface area contributed by atoms with Crippen molar-refractivity contribution in [3.05, 3.63) is 141 Å². The molecule has 0 unspecified atom stereocenters. The molecule has 0 aromatic carbocycles. The van der Waals surface area contributed by atoms with E-state index in [0.29, 0.717) is 22.8 Å². The Labute approximate surface area is 282 Å². The molecule has 0 spiro atoms. The lowest BCUT2D eigenvalue weighted by Gasteiger charge is -2.07. The number of aromatic carboxylic acids is 4. The highest BCUT2D eigenvalue weighted by Gasteiger charge is 2.11. The fourth-order valence-corrected chi connectivity index (χ4v) is 4.33. The number of carboxylic acids is 4. The maximum Gasteiger partial charge on any atom is 0.335 e. The Bertz CT molecular complexity index is 1950. The van der Waals surface area contributed by atoms with Crippen molar-refractivity contribution in [3.8, 4) is 0 Å². The van der Waals surface area contributed by atoms with Gasteiger partial charge in [0.25, 0.3) is 0 Å². The topological polar surface area (TPSA) is 227 Å². The maximum absolute atomic E-state index is 11.5. The number of pyridine rings is 4. The van der Waals surface area contributed by atoms with Gasteiger partial charge in [0, 0.05) is 24.8 Å². The molecule has 14 heteroatoms. The first-order valence-electron chi connectivity index (χ1n) is 14.5. The maximum atomic E-state index is 11.5. The zero-order valence-corrected chi connectivity index (χ0v) is 25.7. The van der Waals surface area contributed by atoms with Gasteiger partial charge in [-0.3, -0.25) is 19.9 Å².